The van der Waals surface area contributed by atoms with Gasteiger partial charge in [0, 0.05) is 15.4 Å². The molecule has 0 aromatic heterocycles. The molecule has 3 aromatic rings. The van der Waals surface area contributed by atoms with E-state index in [0.29, 0.717) is 5.56 Å². The lowest BCUT2D eigenvalue weighted by Crippen LogP contribution is -2.05. The average Bonchev–Trinajstić information content (AvgIpc) is 2.70. The number of hydrogen-bond acceptors (Lipinski definition) is 4. The zero-order valence-corrected chi connectivity index (χ0v) is 16.6. The maximum Gasteiger partial charge on any atom is 0.185 e. The molecule has 28 heavy (non-hydrogen) atoms. The van der Waals surface area contributed by atoms with Gasteiger partial charge in [-0.1, -0.05) is 42.1 Å². The van der Waals surface area contributed by atoms with Gasteiger partial charge in [0.05, 0.1) is 17.5 Å². The Hall–Kier alpha value is -2.98. The monoisotopic (exact) mass is 387 g/mol. The fourth-order valence-corrected chi connectivity index (χ4v) is 3.96. The Kier molecular flexibility index (Phi) is 5.22. The molecule has 140 valence electrons. The molecule has 0 fully saturated rings. The summed E-state index contributed by atoms with van der Waals surface area (Å²) < 4.78 is 5.64. The van der Waals surface area contributed by atoms with Crippen molar-refractivity contribution in [3.63, 3.8) is 0 Å². The summed E-state index contributed by atoms with van der Waals surface area (Å²) in [5, 5.41) is 3.42. The quantitative estimate of drug-likeness (QED) is 0.310. The van der Waals surface area contributed by atoms with E-state index in [1.54, 1.807) is 17.8 Å². The van der Waals surface area contributed by atoms with Crippen molar-refractivity contribution < 1.29 is 9.53 Å². The molecule has 1 N–H and O–H groups in total. The number of fused-ring (bicyclic) bond motifs is 2. The zero-order chi connectivity index (χ0) is 19.5. The van der Waals surface area contributed by atoms with Gasteiger partial charge in [0.15, 0.2) is 5.78 Å². The fraction of sp³-hybridized carbons (Fsp3) is 0.125. The SMILES string of the molecule is CC(C)Oc1ccc(/C=C/C(=O)c2ccc3c(c2)Nc2ccccc2S3)cc1. The Morgan fingerprint density at radius 1 is 0.964 bits per heavy atom. The Morgan fingerprint density at radius 3 is 2.50 bits per heavy atom. The molecule has 4 heteroatoms. The molecule has 3 aromatic carbocycles. The highest BCUT2D eigenvalue weighted by Gasteiger charge is 2.16. The molecule has 0 amide bonds. The summed E-state index contributed by atoms with van der Waals surface area (Å²) in [7, 11) is 0. The summed E-state index contributed by atoms with van der Waals surface area (Å²) in [5.41, 5.74) is 3.68. The number of rotatable bonds is 5. The van der Waals surface area contributed by atoms with Crippen molar-refractivity contribution in [3.05, 3.63) is 83.9 Å². The van der Waals surface area contributed by atoms with E-state index in [4.69, 9.17) is 4.74 Å². The Balaban J connectivity index is 1.48. The number of hydrogen-bond donors (Lipinski definition) is 1. The first-order valence-electron chi connectivity index (χ1n) is 9.25. The van der Waals surface area contributed by atoms with Gasteiger partial charge in [0.1, 0.15) is 5.75 Å². The molecule has 1 aliphatic rings. The Labute approximate surface area is 169 Å². The number of carbonyl (C=O) groups is 1. The molecule has 0 atom stereocenters. The van der Waals surface area contributed by atoms with Gasteiger partial charge in [-0.2, -0.15) is 0 Å². The number of anilines is 2. The van der Waals surface area contributed by atoms with Gasteiger partial charge >= 0.3 is 0 Å². The van der Waals surface area contributed by atoms with Crippen LogP contribution in [0.25, 0.3) is 6.08 Å². The summed E-state index contributed by atoms with van der Waals surface area (Å²) in [5.74, 6) is 0.813. The summed E-state index contributed by atoms with van der Waals surface area (Å²) in [6.45, 7) is 3.99. The van der Waals surface area contributed by atoms with Crippen LogP contribution in [0.2, 0.25) is 0 Å². The molecule has 0 saturated heterocycles. The van der Waals surface area contributed by atoms with Crippen molar-refractivity contribution in [2.24, 2.45) is 0 Å². The van der Waals surface area contributed by atoms with Gasteiger partial charge in [-0.05, 0) is 68.0 Å². The van der Waals surface area contributed by atoms with Crippen molar-refractivity contribution in [1.82, 2.24) is 0 Å². The third kappa shape index (κ3) is 4.12. The second kappa shape index (κ2) is 7.95. The molecule has 0 radical (unpaired) electrons. The first-order chi connectivity index (χ1) is 13.6. The van der Waals surface area contributed by atoms with Gasteiger partial charge in [0.2, 0.25) is 0 Å². The van der Waals surface area contributed by atoms with Crippen molar-refractivity contribution in [2.45, 2.75) is 29.7 Å². The van der Waals surface area contributed by atoms with Crippen LogP contribution >= 0.6 is 11.8 Å². The minimum absolute atomic E-state index is 0.0176. The first-order valence-corrected chi connectivity index (χ1v) is 10.1. The van der Waals surface area contributed by atoms with Crippen LogP contribution in [0.1, 0.15) is 29.8 Å². The highest BCUT2D eigenvalue weighted by atomic mass is 32.2. The van der Waals surface area contributed by atoms with Crippen molar-refractivity contribution in [2.75, 3.05) is 5.32 Å². The van der Waals surface area contributed by atoms with E-state index in [0.717, 1.165) is 27.6 Å². The van der Waals surface area contributed by atoms with Crippen molar-refractivity contribution in [3.8, 4) is 5.75 Å². The van der Waals surface area contributed by atoms with E-state index in [9.17, 15) is 4.79 Å². The number of ether oxygens (including phenoxy) is 1. The summed E-state index contributed by atoms with van der Waals surface area (Å²) in [4.78, 5) is 14.9. The second-order valence-electron chi connectivity index (χ2n) is 6.87. The van der Waals surface area contributed by atoms with Crippen LogP contribution in [-0.4, -0.2) is 11.9 Å². The largest absolute Gasteiger partial charge is 0.491 e. The fourth-order valence-electron chi connectivity index (χ4n) is 2.99. The van der Waals surface area contributed by atoms with E-state index < -0.39 is 0 Å². The maximum absolute atomic E-state index is 12.6. The second-order valence-corrected chi connectivity index (χ2v) is 7.95. The zero-order valence-electron chi connectivity index (χ0n) is 15.8. The third-order valence-corrected chi connectivity index (χ3v) is 5.47. The van der Waals surface area contributed by atoms with Crippen LogP contribution in [-0.2, 0) is 0 Å². The molecule has 1 aliphatic heterocycles. The number of allylic oxidation sites excluding steroid dienone is 1. The maximum atomic E-state index is 12.6. The average molecular weight is 388 g/mol. The lowest BCUT2D eigenvalue weighted by atomic mass is 10.1. The van der Waals surface area contributed by atoms with E-state index in [1.807, 2.05) is 80.6 Å². The van der Waals surface area contributed by atoms with Crippen LogP contribution in [0.4, 0.5) is 11.4 Å². The standard InChI is InChI=1S/C24H21NO2S/c1-16(2)27-19-11-7-17(8-12-19)9-13-22(26)18-10-14-24-21(15-18)25-20-5-3-4-6-23(20)28-24/h3-16,25H,1-2H3/b13-9+. The summed E-state index contributed by atoms with van der Waals surface area (Å²) in [6, 6.07) is 21.7. The van der Waals surface area contributed by atoms with Crippen LogP contribution in [0, 0.1) is 0 Å². The molecule has 0 aliphatic carbocycles. The molecule has 0 bridgehead atoms. The normalized spacial score (nSPS) is 12.4. The third-order valence-electron chi connectivity index (χ3n) is 4.32. The summed E-state index contributed by atoms with van der Waals surface area (Å²) in [6.07, 6.45) is 3.59. The predicted octanol–water partition coefficient (Wildman–Crippen LogP) is 6.58. The lowest BCUT2D eigenvalue weighted by molar-refractivity contribution is 0.104. The van der Waals surface area contributed by atoms with E-state index in [-0.39, 0.29) is 11.9 Å². The molecular formula is C24H21NO2S. The molecular weight excluding hydrogens is 366 g/mol. The first kappa shape index (κ1) is 18.4. The number of benzene rings is 3. The van der Waals surface area contributed by atoms with Crippen molar-refractivity contribution in [1.29, 1.82) is 0 Å². The molecule has 0 unspecified atom stereocenters. The Bertz CT molecular complexity index is 1040. The lowest BCUT2D eigenvalue weighted by Gasteiger charge is -2.20. The van der Waals surface area contributed by atoms with Crippen LogP contribution < -0.4 is 10.1 Å². The number of nitrogens with one attached hydrogen (secondary N) is 1. The van der Waals surface area contributed by atoms with Crippen LogP contribution in [0.15, 0.2) is 82.6 Å². The molecule has 3 nitrogen and oxygen atoms in total. The molecule has 1 heterocycles. The van der Waals surface area contributed by atoms with Gasteiger partial charge in [-0.3, -0.25) is 4.79 Å². The van der Waals surface area contributed by atoms with Gasteiger partial charge in [-0.15, -0.1) is 0 Å². The van der Waals surface area contributed by atoms with E-state index >= 15 is 0 Å². The molecule has 0 saturated carbocycles. The van der Waals surface area contributed by atoms with Gasteiger partial charge in [0.25, 0.3) is 0 Å². The number of carbonyl (C=O) groups excluding carboxylic acids is 1. The predicted molar refractivity (Wildman–Crippen MR) is 116 cm³/mol. The van der Waals surface area contributed by atoms with Gasteiger partial charge < -0.3 is 10.1 Å². The summed E-state index contributed by atoms with van der Waals surface area (Å²) >= 11 is 1.71. The number of ketones is 1. The molecule has 0 spiro atoms. The highest BCUT2D eigenvalue weighted by molar-refractivity contribution is 7.99. The Morgan fingerprint density at radius 2 is 1.71 bits per heavy atom. The van der Waals surface area contributed by atoms with Crippen LogP contribution in [0.5, 0.6) is 5.75 Å². The smallest absolute Gasteiger partial charge is 0.185 e. The minimum atomic E-state index is -0.0176. The van der Waals surface area contributed by atoms with E-state index in [2.05, 4.69) is 11.4 Å². The van der Waals surface area contributed by atoms with Gasteiger partial charge in [-0.25, -0.2) is 0 Å². The van der Waals surface area contributed by atoms with Crippen molar-refractivity contribution >= 4 is 35.0 Å². The topological polar surface area (TPSA) is 38.3 Å². The number of para-hydroxylation sites is 1. The molecule has 4 rings (SSSR count). The highest BCUT2D eigenvalue weighted by Crippen LogP contribution is 2.44. The minimum Gasteiger partial charge on any atom is -0.491 e. The van der Waals surface area contributed by atoms with Crippen LogP contribution in [0.3, 0.4) is 0 Å². The van der Waals surface area contributed by atoms with E-state index in [1.165, 1.54) is 4.90 Å².